The second-order valence-corrected chi connectivity index (χ2v) is 4.81. The Hall–Kier alpha value is -1.62. The molecule has 0 spiro atoms. The SMILES string of the molecule is Cc1cc(C)c(C(=O)O)c(N(C)CCN(C)C)n1. The molecule has 18 heavy (non-hydrogen) atoms. The number of aromatic carboxylic acids is 1. The van der Waals surface area contributed by atoms with Crippen molar-refractivity contribution < 1.29 is 9.90 Å². The number of carboxylic acid groups (broad SMARTS) is 1. The molecule has 0 aliphatic carbocycles. The Morgan fingerprint density at radius 1 is 1.28 bits per heavy atom. The van der Waals surface area contributed by atoms with E-state index in [1.165, 1.54) is 0 Å². The van der Waals surface area contributed by atoms with Crippen LogP contribution in [0.5, 0.6) is 0 Å². The first-order chi connectivity index (χ1) is 8.32. The van der Waals surface area contributed by atoms with E-state index in [4.69, 9.17) is 0 Å². The van der Waals surface area contributed by atoms with Crippen molar-refractivity contribution in [2.24, 2.45) is 0 Å². The molecule has 100 valence electrons. The van der Waals surface area contributed by atoms with Crippen LogP contribution in [0.25, 0.3) is 0 Å². The first-order valence-electron chi connectivity index (χ1n) is 5.90. The molecule has 5 nitrogen and oxygen atoms in total. The van der Waals surface area contributed by atoms with Gasteiger partial charge in [-0.1, -0.05) is 0 Å². The monoisotopic (exact) mass is 251 g/mol. The molecule has 5 heteroatoms. The number of hydrogen-bond acceptors (Lipinski definition) is 4. The second-order valence-electron chi connectivity index (χ2n) is 4.81. The largest absolute Gasteiger partial charge is 0.478 e. The van der Waals surface area contributed by atoms with Crippen molar-refractivity contribution in [2.75, 3.05) is 39.1 Å². The van der Waals surface area contributed by atoms with Gasteiger partial charge in [-0.15, -0.1) is 0 Å². The summed E-state index contributed by atoms with van der Waals surface area (Å²) in [6.45, 7) is 5.27. The Bertz CT molecular complexity index is 444. The standard InChI is InChI=1S/C13H21N3O2/c1-9-8-10(2)14-12(11(9)13(17)18)16(5)7-6-15(3)4/h8H,6-7H2,1-5H3,(H,17,18). The van der Waals surface area contributed by atoms with Gasteiger partial charge in [0.2, 0.25) is 0 Å². The van der Waals surface area contributed by atoms with Crippen molar-refractivity contribution in [3.8, 4) is 0 Å². The molecule has 1 N–H and O–H groups in total. The first kappa shape index (κ1) is 14.4. The number of likely N-dealkylation sites (N-methyl/N-ethyl adjacent to an activating group) is 2. The molecule has 0 aliphatic heterocycles. The highest BCUT2D eigenvalue weighted by Gasteiger charge is 2.18. The van der Waals surface area contributed by atoms with E-state index in [1.807, 2.05) is 33.0 Å². The van der Waals surface area contributed by atoms with E-state index < -0.39 is 5.97 Å². The maximum atomic E-state index is 11.3. The molecule has 0 radical (unpaired) electrons. The molecule has 1 aromatic heterocycles. The van der Waals surface area contributed by atoms with E-state index in [0.717, 1.165) is 24.3 Å². The van der Waals surface area contributed by atoms with Gasteiger partial charge >= 0.3 is 5.97 Å². The van der Waals surface area contributed by atoms with Gasteiger partial charge in [-0.05, 0) is 39.6 Å². The highest BCUT2D eigenvalue weighted by Crippen LogP contribution is 2.21. The van der Waals surface area contributed by atoms with Crippen molar-refractivity contribution in [3.05, 3.63) is 22.9 Å². The van der Waals surface area contributed by atoms with Crippen LogP contribution in [-0.2, 0) is 0 Å². The van der Waals surface area contributed by atoms with Crippen LogP contribution in [0.1, 0.15) is 21.6 Å². The van der Waals surface area contributed by atoms with Crippen LogP contribution in [0.15, 0.2) is 6.07 Å². The molecule has 0 saturated carbocycles. The lowest BCUT2D eigenvalue weighted by Gasteiger charge is -2.23. The van der Waals surface area contributed by atoms with Gasteiger partial charge in [0, 0.05) is 25.8 Å². The van der Waals surface area contributed by atoms with Crippen molar-refractivity contribution >= 4 is 11.8 Å². The highest BCUT2D eigenvalue weighted by atomic mass is 16.4. The topological polar surface area (TPSA) is 56.7 Å². The fourth-order valence-electron chi connectivity index (χ4n) is 1.81. The number of carbonyl (C=O) groups is 1. The van der Waals surface area contributed by atoms with Gasteiger partial charge in [-0.25, -0.2) is 9.78 Å². The van der Waals surface area contributed by atoms with E-state index in [-0.39, 0.29) is 0 Å². The zero-order valence-electron chi connectivity index (χ0n) is 11.7. The second kappa shape index (κ2) is 5.82. The van der Waals surface area contributed by atoms with Crippen LogP contribution in [0.4, 0.5) is 5.82 Å². The molecule has 1 aromatic rings. The Morgan fingerprint density at radius 2 is 1.89 bits per heavy atom. The lowest BCUT2D eigenvalue weighted by atomic mass is 10.1. The summed E-state index contributed by atoms with van der Waals surface area (Å²) in [4.78, 5) is 19.6. The maximum absolute atomic E-state index is 11.3. The van der Waals surface area contributed by atoms with E-state index >= 15 is 0 Å². The molecule has 1 rings (SSSR count). The quantitative estimate of drug-likeness (QED) is 0.857. The van der Waals surface area contributed by atoms with E-state index in [9.17, 15) is 9.90 Å². The summed E-state index contributed by atoms with van der Waals surface area (Å²) in [7, 11) is 5.85. The van der Waals surface area contributed by atoms with Gasteiger partial charge < -0.3 is 14.9 Å². The predicted octanol–water partition coefficient (Wildman–Crippen LogP) is 1.39. The zero-order chi connectivity index (χ0) is 13.9. The van der Waals surface area contributed by atoms with Crippen molar-refractivity contribution in [1.29, 1.82) is 0 Å². The third kappa shape index (κ3) is 3.43. The molecule has 1 heterocycles. The Labute approximate surface area is 108 Å². The summed E-state index contributed by atoms with van der Waals surface area (Å²) >= 11 is 0. The molecular formula is C13H21N3O2. The molecule has 0 fully saturated rings. The van der Waals surface area contributed by atoms with E-state index in [2.05, 4.69) is 9.88 Å². The molecular weight excluding hydrogens is 230 g/mol. The van der Waals surface area contributed by atoms with Gasteiger partial charge in [0.1, 0.15) is 11.4 Å². The van der Waals surface area contributed by atoms with Crippen LogP contribution in [0.3, 0.4) is 0 Å². The first-order valence-corrected chi connectivity index (χ1v) is 5.90. The average Bonchev–Trinajstić information content (AvgIpc) is 2.23. The third-order valence-electron chi connectivity index (χ3n) is 2.78. The number of aromatic nitrogens is 1. The van der Waals surface area contributed by atoms with Gasteiger partial charge in [0.15, 0.2) is 0 Å². The minimum atomic E-state index is -0.924. The van der Waals surface area contributed by atoms with Gasteiger partial charge in [-0.3, -0.25) is 0 Å². The zero-order valence-corrected chi connectivity index (χ0v) is 11.7. The molecule has 0 saturated heterocycles. The maximum Gasteiger partial charge on any atom is 0.339 e. The predicted molar refractivity (Wildman–Crippen MR) is 72.5 cm³/mol. The number of anilines is 1. The molecule has 0 amide bonds. The fraction of sp³-hybridized carbons (Fsp3) is 0.538. The summed E-state index contributed by atoms with van der Waals surface area (Å²) in [6.07, 6.45) is 0. The van der Waals surface area contributed by atoms with Crippen LogP contribution in [0, 0.1) is 13.8 Å². The Balaban J connectivity index is 3.09. The lowest BCUT2D eigenvalue weighted by molar-refractivity contribution is 0.0696. The lowest BCUT2D eigenvalue weighted by Crippen LogP contribution is -2.30. The molecule has 0 aromatic carbocycles. The fourth-order valence-corrected chi connectivity index (χ4v) is 1.81. The van der Waals surface area contributed by atoms with Crippen LogP contribution < -0.4 is 4.90 Å². The summed E-state index contributed by atoms with van der Waals surface area (Å²) in [6, 6.07) is 1.80. The van der Waals surface area contributed by atoms with Crippen molar-refractivity contribution in [1.82, 2.24) is 9.88 Å². The van der Waals surface area contributed by atoms with Gasteiger partial charge in [-0.2, -0.15) is 0 Å². The summed E-state index contributed by atoms with van der Waals surface area (Å²) < 4.78 is 0. The number of rotatable bonds is 5. The number of aryl methyl sites for hydroxylation is 2. The average molecular weight is 251 g/mol. The number of nitrogens with zero attached hydrogens (tertiary/aromatic N) is 3. The van der Waals surface area contributed by atoms with Crippen molar-refractivity contribution in [2.45, 2.75) is 13.8 Å². The minimum absolute atomic E-state index is 0.293. The Morgan fingerprint density at radius 3 is 2.39 bits per heavy atom. The smallest absolute Gasteiger partial charge is 0.339 e. The van der Waals surface area contributed by atoms with Gasteiger partial charge in [0.25, 0.3) is 0 Å². The number of hydrogen-bond donors (Lipinski definition) is 1. The number of carboxylic acids is 1. The van der Waals surface area contributed by atoms with Crippen LogP contribution in [0.2, 0.25) is 0 Å². The molecule has 0 bridgehead atoms. The number of pyridine rings is 1. The van der Waals surface area contributed by atoms with Crippen molar-refractivity contribution in [3.63, 3.8) is 0 Å². The van der Waals surface area contributed by atoms with E-state index in [1.54, 1.807) is 13.0 Å². The summed E-state index contributed by atoms with van der Waals surface area (Å²) in [5, 5.41) is 9.29. The van der Waals surface area contributed by atoms with Crippen LogP contribution in [-0.4, -0.2) is 55.2 Å². The van der Waals surface area contributed by atoms with Gasteiger partial charge in [0.05, 0.1) is 0 Å². The minimum Gasteiger partial charge on any atom is -0.478 e. The highest BCUT2D eigenvalue weighted by molar-refractivity contribution is 5.95. The molecule has 0 aliphatic rings. The molecule has 0 unspecified atom stereocenters. The summed E-state index contributed by atoms with van der Waals surface area (Å²) in [5.74, 6) is -0.381. The van der Waals surface area contributed by atoms with Crippen LogP contribution >= 0.6 is 0 Å². The third-order valence-corrected chi connectivity index (χ3v) is 2.78. The van der Waals surface area contributed by atoms with E-state index in [0.29, 0.717) is 11.4 Å². The normalized spacial score (nSPS) is 10.8. The Kier molecular flexibility index (Phi) is 4.67. The summed E-state index contributed by atoms with van der Waals surface area (Å²) in [5.41, 5.74) is 1.88. The molecule has 0 atom stereocenters.